The number of hydrogen-bond acceptors (Lipinski definition) is 2. The summed E-state index contributed by atoms with van der Waals surface area (Å²) in [5, 5.41) is 3.41. The number of hydrogen-bond donors (Lipinski definition) is 1. The second-order valence-corrected chi connectivity index (χ2v) is 4.02. The van der Waals surface area contributed by atoms with E-state index in [1.54, 1.807) is 6.20 Å². The third-order valence-corrected chi connectivity index (χ3v) is 3.28. The van der Waals surface area contributed by atoms with Crippen molar-refractivity contribution in [1.82, 2.24) is 9.55 Å². The first-order valence-electron chi connectivity index (χ1n) is 4.57. The van der Waals surface area contributed by atoms with Crippen LogP contribution in [0.5, 0.6) is 0 Å². The molecule has 2 rings (SSSR count). The number of imidazole rings is 1. The van der Waals surface area contributed by atoms with E-state index in [0.717, 1.165) is 18.8 Å². The van der Waals surface area contributed by atoms with Crippen molar-refractivity contribution in [3.63, 3.8) is 0 Å². The van der Waals surface area contributed by atoms with Gasteiger partial charge in [-0.15, -0.1) is 11.6 Å². The summed E-state index contributed by atoms with van der Waals surface area (Å²) in [6, 6.07) is 0. The molecule has 0 unspecified atom stereocenters. The van der Waals surface area contributed by atoms with Crippen molar-refractivity contribution in [2.75, 3.05) is 11.2 Å². The Morgan fingerprint density at radius 2 is 2.46 bits per heavy atom. The first-order chi connectivity index (χ1) is 6.26. The Hall–Kier alpha value is -0.700. The fraction of sp³-hybridized carbons (Fsp3) is 0.667. The van der Waals surface area contributed by atoms with E-state index in [2.05, 4.69) is 10.3 Å². The number of rotatable bonds is 3. The summed E-state index contributed by atoms with van der Waals surface area (Å²) in [6.45, 7) is 0. The summed E-state index contributed by atoms with van der Waals surface area (Å²) in [6.07, 6.45) is 7.31. The lowest BCUT2D eigenvalue weighted by molar-refractivity contribution is 0.308. The molecule has 72 valence electrons. The Balaban J connectivity index is 2.08. The normalized spacial score (nSPS) is 19.5. The molecule has 0 amide bonds. The van der Waals surface area contributed by atoms with Crippen molar-refractivity contribution in [3.8, 4) is 0 Å². The molecular formula is C9H14ClN3. The zero-order chi connectivity index (χ0) is 9.31. The number of aryl methyl sites for hydroxylation is 1. The highest BCUT2D eigenvalue weighted by atomic mass is 35.5. The van der Waals surface area contributed by atoms with Crippen molar-refractivity contribution < 1.29 is 0 Å². The van der Waals surface area contributed by atoms with Gasteiger partial charge in [-0.1, -0.05) is 0 Å². The van der Waals surface area contributed by atoms with Gasteiger partial charge in [0.25, 0.3) is 0 Å². The van der Waals surface area contributed by atoms with Crippen molar-refractivity contribution in [2.24, 2.45) is 7.05 Å². The van der Waals surface area contributed by atoms with Gasteiger partial charge in [0.05, 0.1) is 5.54 Å². The minimum atomic E-state index is 0.112. The van der Waals surface area contributed by atoms with Gasteiger partial charge in [0.1, 0.15) is 0 Å². The Bertz CT molecular complexity index is 285. The average molecular weight is 200 g/mol. The summed E-state index contributed by atoms with van der Waals surface area (Å²) in [7, 11) is 1.98. The Morgan fingerprint density at radius 1 is 1.69 bits per heavy atom. The summed E-state index contributed by atoms with van der Waals surface area (Å²) < 4.78 is 1.98. The number of aromatic nitrogens is 2. The molecule has 3 nitrogen and oxygen atoms in total. The van der Waals surface area contributed by atoms with E-state index in [-0.39, 0.29) is 5.54 Å². The Kier molecular flexibility index (Phi) is 2.20. The van der Waals surface area contributed by atoms with E-state index in [0.29, 0.717) is 5.88 Å². The maximum Gasteiger partial charge on any atom is 0.202 e. The first-order valence-corrected chi connectivity index (χ1v) is 5.11. The molecule has 0 saturated heterocycles. The topological polar surface area (TPSA) is 29.9 Å². The van der Waals surface area contributed by atoms with Gasteiger partial charge in [0, 0.05) is 25.3 Å². The lowest BCUT2D eigenvalue weighted by Crippen LogP contribution is -2.47. The molecule has 1 saturated carbocycles. The van der Waals surface area contributed by atoms with Gasteiger partial charge in [0.2, 0.25) is 5.95 Å². The van der Waals surface area contributed by atoms with Crippen molar-refractivity contribution in [1.29, 1.82) is 0 Å². The zero-order valence-corrected chi connectivity index (χ0v) is 8.51. The van der Waals surface area contributed by atoms with Gasteiger partial charge in [-0.3, -0.25) is 0 Å². The van der Waals surface area contributed by atoms with Crippen LogP contribution in [0, 0.1) is 0 Å². The lowest BCUT2D eigenvalue weighted by atomic mass is 9.78. The number of alkyl halides is 1. The van der Waals surface area contributed by atoms with Gasteiger partial charge in [0.15, 0.2) is 0 Å². The second-order valence-electron chi connectivity index (χ2n) is 3.75. The van der Waals surface area contributed by atoms with Crippen LogP contribution in [0.2, 0.25) is 0 Å². The third kappa shape index (κ3) is 1.53. The fourth-order valence-corrected chi connectivity index (χ4v) is 1.95. The van der Waals surface area contributed by atoms with Crippen LogP contribution < -0.4 is 5.32 Å². The number of anilines is 1. The zero-order valence-electron chi connectivity index (χ0n) is 7.76. The quantitative estimate of drug-likeness (QED) is 0.755. The maximum atomic E-state index is 5.93. The van der Waals surface area contributed by atoms with E-state index < -0.39 is 0 Å². The second kappa shape index (κ2) is 3.22. The molecular weight excluding hydrogens is 186 g/mol. The van der Waals surface area contributed by atoms with Gasteiger partial charge in [-0.25, -0.2) is 4.98 Å². The van der Waals surface area contributed by atoms with Crippen molar-refractivity contribution >= 4 is 17.5 Å². The molecule has 0 aliphatic heterocycles. The molecule has 1 fully saturated rings. The van der Waals surface area contributed by atoms with Crippen LogP contribution in [0.25, 0.3) is 0 Å². The smallest absolute Gasteiger partial charge is 0.202 e. The van der Waals surface area contributed by atoms with Crippen molar-refractivity contribution in [3.05, 3.63) is 12.4 Å². The summed E-state index contributed by atoms with van der Waals surface area (Å²) in [5.74, 6) is 1.58. The molecule has 13 heavy (non-hydrogen) atoms. The van der Waals surface area contributed by atoms with Gasteiger partial charge in [-0.2, -0.15) is 0 Å². The lowest BCUT2D eigenvalue weighted by Gasteiger charge is -2.41. The standard InChI is InChI=1S/C9H14ClN3/c1-13-6-5-11-8(13)12-9(7-10)3-2-4-9/h5-6H,2-4,7H2,1H3,(H,11,12). The summed E-state index contributed by atoms with van der Waals surface area (Å²) >= 11 is 5.93. The van der Waals surface area contributed by atoms with E-state index in [1.807, 2.05) is 17.8 Å². The summed E-state index contributed by atoms with van der Waals surface area (Å²) in [4.78, 5) is 4.22. The molecule has 0 atom stereocenters. The predicted octanol–water partition coefficient (Wildman–Crippen LogP) is 1.99. The molecule has 0 aromatic carbocycles. The Morgan fingerprint density at radius 3 is 2.85 bits per heavy atom. The molecule has 0 spiro atoms. The molecule has 1 aliphatic carbocycles. The molecule has 1 aromatic heterocycles. The minimum absolute atomic E-state index is 0.112. The van der Waals surface area contributed by atoms with Gasteiger partial charge >= 0.3 is 0 Å². The predicted molar refractivity (Wildman–Crippen MR) is 54.1 cm³/mol. The van der Waals surface area contributed by atoms with Crippen LogP contribution in [-0.4, -0.2) is 21.0 Å². The van der Waals surface area contributed by atoms with E-state index in [4.69, 9.17) is 11.6 Å². The molecule has 0 radical (unpaired) electrons. The molecule has 4 heteroatoms. The molecule has 1 aliphatic rings. The van der Waals surface area contributed by atoms with Crippen LogP contribution in [0.15, 0.2) is 12.4 Å². The van der Waals surface area contributed by atoms with E-state index >= 15 is 0 Å². The summed E-state index contributed by atoms with van der Waals surface area (Å²) in [5.41, 5.74) is 0.112. The van der Waals surface area contributed by atoms with Crippen molar-refractivity contribution in [2.45, 2.75) is 24.8 Å². The Labute approximate surface area is 83.1 Å². The largest absolute Gasteiger partial charge is 0.349 e. The SMILES string of the molecule is Cn1ccnc1NC1(CCl)CCC1. The van der Waals surface area contributed by atoms with Crippen LogP contribution in [0.4, 0.5) is 5.95 Å². The van der Waals surface area contributed by atoms with Crippen LogP contribution in [-0.2, 0) is 7.05 Å². The highest BCUT2D eigenvalue weighted by Gasteiger charge is 2.36. The number of nitrogens with zero attached hydrogens (tertiary/aromatic N) is 2. The fourth-order valence-electron chi connectivity index (χ4n) is 1.62. The molecule has 0 bridgehead atoms. The number of halogens is 1. The number of nitrogens with one attached hydrogen (secondary N) is 1. The van der Waals surface area contributed by atoms with Crippen LogP contribution in [0.3, 0.4) is 0 Å². The monoisotopic (exact) mass is 199 g/mol. The van der Waals surface area contributed by atoms with E-state index in [1.165, 1.54) is 6.42 Å². The minimum Gasteiger partial charge on any atom is -0.349 e. The van der Waals surface area contributed by atoms with Crippen LogP contribution >= 0.6 is 11.6 Å². The highest BCUT2D eigenvalue weighted by Crippen LogP contribution is 2.35. The first kappa shape index (κ1) is 8.88. The molecule has 1 N–H and O–H groups in total. The molecule has 1 heterocycles. The van der Waals surface area contributed by atoms with Gasteiger partial charge < -0.3 is 9.88 Å². The average Bonchev–Trinajstić information content (AvgIpc) is 2.44. The maximum absolute atomic E-state index is 5.93. The molecule has 1 aromatic rings. The van der Waals surface area contributed by atoms with E-state index in [9.17, 15) is 0 Å². The third-order valence-electron chi connectivity index (χ3n) is 2.76. The van der Waals surface area contributed by atoms with Gasteiger partial charge in [-0.05, 0) is 19.3 Å². The van der Waals surface area contributed by atoms with Crippen LogP contribution in [0.1, 0.15) is 19.3 Å². The highest BCUT2D eigenvalue weighted by molar-refractivity contribution is 6.18.